The molecular weight excluding hydrogens is 453 g/mol. The van der Waals surface area contributed by atoms with Crippen molar-refractivity contribution in [3.05, 3.63) is 99.1 Å². The minimum atomic E-state index is -0.290. The third-order valence-electron chi connectivity index (χ3n) is 5.37. The van der Waals surface area contributed by atoms with Gasteiger partial charge in [-0.2, -0.15) is 0 Å². The zero-order chi connectivity index (χ0) is 22.8. The van der Waals surface area contributed by atoms with Crippen LogP contribution in [-0.4, -0.2) is 15.9 Å². The number of thiazole rings is 2. The van der Waals surface area contributed by atoms with Crippen molar-refractivity contribution in [2.24, 2.45) is 0 Å². The van der Waals surface area contributed by atoms with Crippen molar-refractivity contribution in [2.75, 3.05) is 5.32 Å². The molecule has 0 spiro atoms. The van der Waals surface area contributed by atoms with Gasteiger partial charge in [-0.25, -0.2) is 14.4 Å². The average Bonchev–Trinajstić information content (AvgIpc) is 3.41. The summed E-state index contributed by atoms with van der Waals surface area (Å²) in [7, 11) is 0. The van der Waals surface area contributed by atoms with Gasteiger partial charge in [0.05, 0.1) is 22.8 Å². The second kappa shape index (κ2) is 9.21. The van der Waals surface area contributed by atoms with E-state index >= 15 is 0 Å². The lowest BCUT2D eigenvalue weighted by Crippen LogP contribution is -2.14. The molecule has 164 valence electrons. The maximum absolute atomic E-state index is 13.1. The van der Waals surface area contributed by atoms with Crippen molar-refractivity contribution in [3.8, 4) is 11.3 Å². The molecule has 0 radical (unpaired) electrons. The number of fused-ring (bicyclic) bond motifs is 1. The monoisotopic (exact) mass is 473 g/mol. The Hall–Kier alpha value is -3.42. The third-order valence-corrected chi connectivity index (χ3v) is 7.29. The molecule has 0 atom stereocenters. The van der Waals surface area contributed by atoms with Crippen LogP contribution in [0.2, 0.25) is 0 Å². The molecule has 33 heavy (non-hydrogen) atoms. The van der Waals surface area contributed by atoms with Crippen LogP contribution in [0, 0.1) is 12.7 Å². The fourth-order valence-electron chi connectivity index (χ4n) is 3.73. The summed E-state index contributed by atoms with van der Waals surface area (Å²) in [6.45, 7) is 1.95. The maximum Gasteiger partial charge on any atom is 0.231 e. The second-order valence-corrected chi connectivity index (χ2v) is 9.73. The Morgan fingerprint density at radius 1 is 1.00 bits per heavy atom. The summed E-state index contributed by atoms with van der Waals surface area (Å²) in [6, 6.07) is 20.8. The van der Waals surface area contributed by atoms with Gasteiger partial charge >= 0.3 is 0 Å². The number of hydrogen-bond acceptors (Lipinski definition) is 5. The number of hydrogen-bond donors (Lipinski definition) is 1. The molecule has 1 amide bonds. The summed E-state index contributed by atoms with van der Waals surface area (Å²) in [5.41, 5.74) is 3.64. The van der Waals surface area contributed by atoms with E-state index in [1.807, 2.05) is 18.4 Å². The lowest BCUT2D eigenvalue weighted by molar-refractivity contribution is -0.115. The molecule has 0 fully saturated rings. The molecule has 2 aromatic heterocycles. The second-order valence-electron chi connectivity index (χ2n) is 7.70. The van der Waals surface area contributed by atoms with Crippen LogP contribution in [0.5, 0.6) is 0 Å². The third kappa shape index (κ3) is 4.84. The molecule has 0 aliphatic heterocycles. The van der Waals surface area contributed by atoms with Gasteiger partial charge in [0.1, 0.15) is 5.82 Å². The molecule has 0 saturated heterocycles. The summed E-state index contributed by atoms with van der Waals surface area (Å²) in [5.74, 6) is -0.416. The van der Waals surface area contributed by atoms with E-state index in [9.17, 15) is 9.18 Å². The number of amides is 1. The maximum atomic E-state index is 13.1. The van der Waals surface area contributed by atoms with E-state index in [1.165, 1.54) is 39.8 Å². The molecule has 4 nitrogen and oxygen atoms in total. The predicted octanol–water partition coefficient (Wildman–Crippen LogP) is 6.64. The van der Waals surface area contributed by atoms with E-state index in [0.717, 1.165) is 27.6 Å². The number of carbonyl (C=O) groups excluding carboxylic acids is 1. The van der Waals surface area contributed by atoms with Crippen LogP contribution >= 0.6 is 22.7 Å². The Bertz CT molecular complexity index is 1430. The largest absolute Gasteiger partial charge is 0.302 e. The molecule has 0 saturated carbocycles. The topological polar surface area (TPSA) is 54.9 Å². The molecule has 7 heteroatoms. The van der Waals surface area contributed by atoms with Crippen LogP contribution in [0.3, 0.4) is 0 Å². The van der Waals surface area contributed by atoms with Gasteiger partial charge in [-0.05, 0) is 47.5 Å². The first-order valence-corrected chi connectivity index (χ1v) is 12.2. The number of aryl methyl sites for hydroxylation is 1. The highest BCUT2D eigenvalue weighted by Crippen LogP contribution is 2.27. The van der Waals surface area contributed by atoms with Crippen LogP contribution in [-0.2, 0) is 17.6 Å². The number of nitrogens with one attached hydrogen (secondary N) is 1. The van der Waals surface area contributed by atoms with Crippen molar-refractivity contribution >= 4 is 44.5 Å². The first kappa shape index (κ1) is 21.4. The van der Waals surface area contributed by atoms with Crippen molar-refractivity contribution < 1.29 is 9.18 Å². The summed E-state index contributed by atoms with van der Waals surface area (Å²) >= 11 is 2.93. The SMILES string of the molecule is Cc1nc(Cc2cccc3ccccc23)sc1CC(=O)Nc1nc(-c2ccc(F)cc2)cs1. The van der Waals surface area contributed by atoms with E-state index in [1.54, 1.807) is 23.5 Å². The highest BCUT2D eigenvalue weighted by molar-refractivity contribution is 7.14. The van der Waals surface area contributed by atoms with Gasteiger partial charge in [-0.1, -0.05) is 42.5 Å². The first-order valence-electron chi connectivity index (χ1n) is 10.5. The van der Waals surface area contributed by atoms with E-state index in [4.69, 9.17) is 4.98 Å². The fraction of sp³-hybridized carbons (Fsp3) is 0.115. The molecule has 3 aromatic carbocycles. The minimum Gasteiger partial charge on any atom is -0.302 e. The number of benzene rings is 3. The number of carbonyl (C=O) groups is 1. The van der Waals surface area contributed by atoms with Gasteiger partial charge in [0, 0.05) is 22.2 Å². The Balaban J connectivity index is 1.26. The van der Waals surface area contributed by atoms with Gasteiger partial charge in [-0.15, -0.1) is 22.7 Å². The van der Waals surface area contributed by atoms with Crippen molar-refractivity contribution in [3.63, 3.8) is 0 Å². The quantitative estimate of drug-likeness (QED) is 0.301. The summed E-state index contributed by atoms with van der Waals surface area (Å²) in [5, 5.41) is 8.69. The van der Waals surface area contributed by atoms with E-state index in [2.05, 4.69) is 46.7 Å². The average molecular weight is 474 g/mol. The van der Waals surface area contributed by atoms with Gasteiger partial charge in [0.2, 0.25) is 5.91 Å². The molecule has 5 rings (SSSR count). The summed E-state index contributed by atoms with van der Waals surface area (Å²) in [6.07, 6.45) is 0.993. The molecule has 1 N–H and O–H groups in total. The van der Waals surface area contributed by atoms with Gasteiger partial charge in [0.25, 0.3) is 0 Å². The highest BCUT2D eigenvalue weighted by Gasteiger charge is 2.15. The standard InChI is InChI=1S/C26H20FN3OS2/c1-16-23(33-25(28-16)13-19-7-4-6-17-5-2-3-8-21(17)19)14-24(31)30-26-29-22(15-32-26)18-9-11-20(27)12-10-18/h2-12,15H,13-14H2,1H3,(H,29,30,31). The van der Waals surface area contributed by atoms with Crippen molar-refractivity contribution in [2.45, 2.75) is 19.8 Å². The Kier molecular flexibility index (Phi) is 5.98. The van der Waals surface area contributed by atoms with Gasteiger partial charge in [0.15, 0.2) is 5.13 Å². The predicted molar refractivity (Wildman–Crippen MR) is 133 cm³/mol. The summed E-state index contributed by atoms with van der Waals surface area (Å²) in [4.78, 5) is 22.8. The Morgan fingerprint density at radius 2 is 1.79 bits per heavy atom. The number of nitrogens with zero attached hydrogens (tertiary/aromatic N) is 2. The zero-order valence-electron chi connectivity index (χ0n) is 17.8. The first-order chi connectivity index (χ1) is 16.0. The van der Waals surface area contributed by atoms with Crippen molar-refractivity contribution in [1.82, 2.24) is 9.97 Å². The molecule has 2 heterocycles. The van der Waals surface area contributed by atoms with Crippen LogP contribution in [0.15, 0.2) is 72.1 Å². The van der Waals surface area contributed by atoms with Gasteiger partial charge in [-0.3, -0.25) is 4.79 Å². The molecule has 0 aliphatic carbocycles. The number of anilines is 1. The number of rotatable bonds is 6. The van der Waals surface area contributed by atoms with Crippen LogP contribution in [0.4, 0.5) is 9.52 Å². The fourth-order valence-corrected chi connectivity index (χ4v) is 5.56. The highest BCUT2D eigenvalue weighted by atomic mass is 32.1. The Labute approximate surface area is 198 Å². The molecular formula is C26H20FN3OS2. The smallest absolute Gasteiger partial charge is 0.231 e. The molecule has 0 aliphatic rings. The van der Waals surface area contributed by atoms with E-state index < -0.39 is 0 Å². The molecule has 0 unspecified atom stereocenters. The van der Waals surface area contributed by atoms with Crippen molar-refractivity contribution in [1.29, 1.82) is 0 Å². The van der Waals surface area contributed by atoms with Gasteiger partial charge < -0.3 is 5.32 Å². The summed E-state index contributed by atoms with van der Waals surface area (Å²) < 4.78 is 13.1. The van der Waals surface area contributed by atoms with Crippen LogP contribution in [0.1, 0.15) is 21.1 Å². The zero-order valence-corrected chi connectivity index (χ0v) is 19.5. The number of aromatic nitrogens is 2. The lowest BCUT2D eigenvalue weighted by atomic mass is 10.0. The van der Waals surface area contributed by atoms with Crippen LogP contribution in [0.25, 0.3) is 22.0 Å². The normalized spacial score (nSPS) is 11.1. The molecule has 0 bridgehead atoms. The Morgan fingerprint density at radius 3 is 2.64 bits per heavy atom. The molecule has 5 aromatic rings. The number of halogens is 1. The minimum absolute atomic E-state index is 0.126. The van der Waals surface area contributed by atoms with E-state index in [0.29, 0.717) is 10.8 Å². The van der Waals surface area contributed by atoms with E-state index in [-0.39, 0.29) is 18.1 Å². The van der Waals surface area contributed by atoms with Crippen LogP contribution < -0.4 is 5.32 Å². The lowest BCUT2D eigenvalue weighted by Gasteiger charge is -2.04.